The van der Waals surface area contributed by atoms with E-state index in [-0.39, 0.29) is 0 Å². The first-order valence-corrected chi connectivity index (χ1v) is 8.16. The summed E-state index contributed by atoms with van der Waals surface area (Å²) in [6.07, 6.45) is 1.99. The third-order valence-corrected chi connectivity index (χ3v) is 5.78. The van der Waals surface area contributed by atoms with Crippen LogP contribution < -0.4 is 4.57 Å². The fraction of sp³-hybridized carbons (Fsp3) is 0.125. The van der Waals surface area contributed by atoms with E-state index in [1.165, 1.54) is 31.7 Å². The topological polar surface area (TPSA) is 16.8 Å². The summed E-state index contributed by atoms with van der Waals surface area (Å²) in [5.74, 6) is 0. The van der Waals surface area contributed by atoms with Gasteiger partial charge in [-0.2, -0.15) is 4.57 Å². The average Bonchev–Trinajstić information content (AvgIpc) is 3.00. The second-order valence-corrected chi connectivity index (χ2v) is 6.83. The Balaban J connectivity index is 2.10. The lowest BCUT2D eigenvalue weighted by atomic mass is 10.1. The first-order chi connectivity index (χ1) is 9.75. The maximum atomic E-state index is 4.67. The molecular formula is C16H13N2S2+. The van der Waals surface area contributed by atoms with Gasteiger partial charge < -0.3 is 0 Å². The summed E-state index contributed by atoms with van der Waals surface area (Å²) in [7, 11) is 2.14. The van der Waals surface area contributed by atoms with Crippen LogP contribution in [0.1, 0.15) is 5.56 Å². The zero-order valence-corrected chi connectivity index (χ0v) is 12.9. The molecule has 0 saturated carbocycles. The number of aryl methyl sites for hydroxylation is 2. The van der Waals surface area contributed by atoms with Crippen LogP contribution in [0.4, 0.5) is 0 Å². The van der Waals surface area contributed by atoms with E-state index in [1.54, 1.807) is 22.7 Å². The molecule has 0 bridgehead atoms. The van der Waals surface area contributed by atoms with Gasteiger partial charge in [0.05, 0.1) is 10.3 Å². The molecule has 0 amide bonds. The van der Waals surface area contributed by atoms with Gasteiger partial charge in [0, 0.05) is 0 Å². The van der Waals surface area contributed by atoms with E-state index in [9.17, 15) is 0 Å². The predicted octanol–water partition coefficient (Wildman–Crippen LogP) is 4.31. The van der Waals surface area contributed by atoms with Crippen LogP contribution in [0.3, 0.4) is 0 Å². The third-order valence-electron chi connectivity index (χ3n) is 3.68. The van der Waals surface area contributed by atoms with Crippen molar-refractivity contribution < 1.29 is 4.57 Å². The van der Waals surface area contributed by atoms with Crippen LogP contribution in [0.15, 0.2) is 41.9 Å². The maximum absolute atomic E-state index is 4.67. The van der Waals surface area contributed by atoms with Crippen molar-refractivity contribution >= 4 is 42.4 Å². The normalized spacial score (nSPS) is 11.5. The number of nitrogens with zero attached hydrogens (tertiary/aromatic N) is 2. The van der Waals surface area contributed by atoms with E-state index < -0.39 is 0 Å². The lowest BCUT2D eigenvalue weighted by Gasteiger charge is -2.03. The van der Waals surface area contributed by atoms with Crippen molar-refractivity contribution in [1.29, 1.82) is 0 Å². The zero-order chi connectivity index (χ0) is 13.7. The van der Waals surface area contributed by atoms with E-state index >= 15 is 0 Å². The lowest BCUT2D eigenvalue weighted by Crippen LogP contribution is -2.32. The number of hydrogen-bond acceptors (Lipinski definition) is 3. The first kappa shape index (κ1) is 12.0. The number of thiophene rings is 2. The van der Waals surface area contributed by atoms with Gasteiger partial charge in [-0.25, -0.2) is 4.98 Å². The van der Waals surface area contributed by atoms with Gasteiger partial charge in [0.25, 0.3) is 5.52 Å². The van der Waals surface area contributed by atoms with E-state index in [0.717, 1.165) is 4.83 Å². The van der Waals surface area contributed by atoms with Crippen molar-refractivity contribution in [2.24, 2.45) is 7.05 Å². The minimum absolute atomic E-state index is 1.12. The molecular weight excluding hydrogens is 284 g/mol. The highest BCUT2D eigenvalue weighted by Gasteiger charge is 2.21. The Morgan fingerprint density at radius 3 is 2.85 bits per heavy atom. The molecule has 0 saturated heterocycles. The summed E-state index contributed by atoms with van der Waals surface area (Å²) in [6, 6.07) is 10.7. The number of rotatable bonds is 1. The van der Waals surface area contributed by atoms with Gasteiger partial charge >= 0.3 is 0 Å². The molecule has 0 unspecified atom stereocenters. The van der Waals surface area contributed by atoms with Crippen molar-refractivity contribution in [2.75, 3.05) is 0 Å². The van der Waals surface area contributed by atoms with Crippen LogP contribution in [0.5, 0.6) is 0 Å². The minimum atomic E-state index is 1.12. The highest BCUT2D eigenvalue weighted by atomic mass is 32.1. The summed E-state index contributed by atoms with van der Waals surface area (Å²) < 4.78 is 4.95. The molecule has 0 aliphatic rings. The predicted molar refractivity (Wildman–Crippen MR) is 86.4 cm³/mol. The fourth-order valence-electron chi connectivity index (χ4n) is 2.62. The van der Waals surface area contributed by atoms with Gasteiger partial charge in [-0.05, 0) is 30.0 Å². The molecule has 4 aromatic rings. The maximum Gasteiger partial charge on any atom is 0.260 e. The Hall–Kier alpha value is -1.78. The molecule has 1 aromatic carbocycles. The zero-order valence-electron chi connectivity index (χ0n) is 11.3. The smallest absolute Gasteiger partial charge is 0.232 e. The number of benzene rings is 1. The van der Waals surface area contributed by atoms with Crippen LogP contribution >= 0.6 is 22.7 Å². The van der Waals surface area contributed by atoms with Gasteiger partial charge in [0.2, 0.25) is 5.69 Å². The molecule has 98 valence electrons. The van der Waals surface area contributed by atoms with Gasteiger partial charge in [-0.15, -0.1) is 22.7 Å². The molecule has 0 aliphatic carbocycles. The molecule has 0 atom stereocenters. The molecule has 3 aromatic heterocycles. The average molecular weight is 297 g/mol. The molecule has 20 heavy (non-hydrogen) atoms. The van der Waals surface area contributed by atoms with Gasteiger partial charge in [-0.1, -0.05) is 18.2 Å². The number of hydrogen-bond donors (Lipinski definition) is 0. The molecule has 0 fully saturated rings. The summed E-state index contributed by atoms with van der Waals surface area (Å²) in [4.78, 5) is 5.79. The molecule has 4 heteroatoms. The van der Waals surface area contributed by atoms with Crippen LogP contribution in [0, 0.1) is 6.92 Å². The SMILES string of the molecule is Cc1ccccc1-c1cnc2sc3ccsc3c2[n+]1C. The van der Waals surface area contributed by atoms with Gasteiger partial charge in [-0.3, -0.25) is 0 Å². The Bertz CT molecular complexity index is 934. The lowest BCUT2D eigenvalue weighted by molar-refractivity contribution is -0.632. The van der Waals surface area contributed by atoms with Crippen LogP contribution in [-0.4, -0.2) is 4.98 Å². The molecule has 0 radical (unpaired) electrons. The Morgan fingerprint density at radius 2 is 2.00 bits per heavy atom. The molecule has 2 nitrogen and oxygen atoms in total. The van der Waals surface area contributed by atoms with Crippen molar-refractivity contribution in [3.05, 3.63) is 47.5 Å². The summed E-state index contributed by atoms with van der Waals surface area (Å²) >= 11 is 3.56. The van der Waals surface area contributed by atoms with Gasteiger partial charge in [0.15, 0.2) is 4.83 Å². The monoisotopic (exact) mass is 297 g/mol. The second kappa shape index (κ2) is 4.36. The van der Waals surface area contributed by atoms with Crippen LogP contribution in [0.25, 0.3) is 31.0 Å². The van der Waals surface area contributed by atoms with Crippen molar-refractivity contribution in [3.8, 4) is 11.3 Å². The van der Waals surface area contributed by atoms with Crippen LogP contribution in [0.2, 0.25) is 0 Å². The Morgan fingerprint density at radius 1 is 1.15 bits per heavy atom. The standard InChI is InChI=1S/C16H13N2S2/c1-10-5-3-4-6-11(10)12-9-17-16-14(18(12)2)15-13(20-16)7-8-19-15/h3-9H,1-2H3/q+1. The molecule has 0 aliphatic heterocycles. The van der Waals surface area contributed by atoms with Crippen molar-refractivity contribution in [1.82, 2.24) is 4.98 Å². The first-order valence-electron chi connectivity index (χ1n) is 6.46. The molecule has 4 rings (SSSR count). The van der Waals surface area contributed by atoms with E-state index in [2.05, 4.69) is 59.2 Å². The highest BCUT2D eigenvalue weighted by Crippen LogP contribution is 2.35. The fourth-order valence-corrected chi connectivity index (χ4v) is 4.89. The molecule has 0 spiro atoms. The summed E-state index contributed by atoms with van der Waals surface area (Å²) in [5, 5.41) is 2.15. The summed E-state index contributed by atoms with van der Waals surface area (Å²) in [5.41, 5.74) is 4.95. The quantitative estimate of drug-likeness (QED) is 0.478. The van der Waals surface area contributed by atoms with E-state index in [0.29, 0.717) is 0 Å². The highest BCUT2D eigenvalue weighted by molar-refractivity contribution is 7.31. The third kappa shape index (κ3) is 1.62. The number of fused-ring (bicyclic) bond motifs is 3. The largest absolute Gasteiger partial charge is 0.260 e. The molecule has 0 N–H and O–H groups in total. The van der Waals surface area contributed by atoms with Gasteiger partial charge in [0.1, 0.15) is 17.9 Å². The van der Waals surface area contributed by atoms with Crippen molar-refractivity contribution in [2.45, 2.75) is 6.92 Å². The second-order valence-electron chi connectivity index (χ2n) is 4.89. The Labute approximate surface area is 125 Å². The number of aromatic nitrogens is 2. The Kier molecular flexibility index (Phi) is 2.62. The summed E-state index contributed by atoms with van der Waals surface area (Å²) in [6.45, 7) is 2.15. The van der Waals surface area contributed by atoms with Crippen molar-refractivity contribution in [3.63, 3.8) is 0 Å². The van der Waals surface area contributed by atoms with Crippen LogP contribution in [-0.2, 0) is 7.05 Å². The molecule has 3 heterocycles. The van der Waals surface area contributed by atoms with E-state index in [1.807, 2.05) is 6.20 Å². The van der Waals surface area contributed by atoms with E-state index in [4.69, 9.17) is 0 Å². The minimum Gasteiger partial charge on any atom is -0.232 e.